The summed E-state index contributed by atoms with van der Waals surface area (Å²) in [5.74, 6) is 0. The molecule has 0 radical (unpaired) electrons. The van der Waals surface area contributed by atoms with E-state index in [1.165, 1.54) is 0 Å². The minimum absolute atomic E-state index is 0.118. The van der Waals surface area contributed by atoms with E-state index >= 15 is 0 Å². The second-order valence-electron chi connectivity index (χ2n) is 4.27. The van der Waals surface area contributed by atoms with Crippen LogP contribution in [0.5, 0.6) is 0 Å². The first-order valence-corrected chi connectivity index (χ1v) is 5.26. The zero-order valence-electron chi connectivity index (χ0n) is 9.67. The summed E-state index contributed by atoms with van der Waals surface area (Å²) in [7, 11) is 0. The van der Waals surface area contributed by atoms with Crippen molar-refractivity contribution in [2.24, 2.45) is 0 Å². The Hall–Kier alpha value is -1.22. The van der Waals surface area contributed by atoms with Crippen LogP contribution in [0.15, 0.2) is 18.2 Å². The molecule has 1 aromatic rings. The van der Waals surface area contributed by atoms with Crippen molar-refractivity contribution in [1.82, 2.24) is 0 Å². The van der Waals surface area contributed by atoms with Crippen LogP contribution in [-0.2, 0) is 0 Å². The van der Waals surface area contributed by atoms with Crippen LogP contribution < -0.4 is 11.1 Å². The van der Waals surface area contributed by atoms with Gasteiger partial charge in [-0.25, -0.2) is 0 Å². The molecule has 0 spiro atoms. The van der Waals surface area contributed by atoms with Gasteiger partial charge in [-0.05, 0) is 44.0 Å². The molecule has 0 aromatic heterocycles. The fourth-order valence-corrected chi connectivity index (χ4v) is 1.34. The van der Waals surface area contributed by atoms with Gasteiger partial charge in [0.2, 0.25) is 0 Å². The Bertz CT molecular complexity index is 332. The minimum atomic E-state index is -0.261. The standard InChI is InChI=1S/C12H20N2O/c1-4-12(3,8-15)14-10-5-6-11(13)9(2)7-10/h5-7,14-15H,4,8,13H2,1-3H3. The predicted octanol–water partition coefficient (Wildman–Crippen LogP) is 2.15. The molecule has 0 aliphatic carbocycles. The quantitative estimate of drug-likeness (QED) is 0.664. The molecule has 0 bridgehead atoms. The molecule has 1 unspecified atom stereocenters. The first-order valence-electron chi connectivity index (χ1n) is 5.26. The third-order valence-electron chi connectivity index (χ3n) is 2.85. The monoisotopic (exact) mass is 208 g/mol. The van der Waals surface area contributed by atoms with Crippen molar-refractivity contribution < 1.29 is 5.11 Å². The van der Waals surface area contributed by atoms with Crippen molar-refractivity contribution in [3.8, 4) is 0 Å². The Labute approximate surface area is 91.3 Å². The predicted molar refractivity (Wildman–Crippen MR) is 65.0 cm³/mol. The highest BCUT2D eigenvalue weighted by molar-refractivity contribution is 5.57. The van der Waals surface area contributed by atoms with Gasteiger partial charge >= 0.3 is 0 Å². The van der Waals surface area contributed by atoms with Crippen LogP contribution in [0.25, 0.3) is 0 Å². The molecule has 1 atom stereocenters. The number of nitrogen functional groups attached to an aromatic ring is 1. The average molecular weight is 208 g/mol. The summed E-state index contributed by atoms with van der Waals surface area (Å²) in [5, 5.41) is 12.6. The third kappa shape index (κ3) is 2.86. The Kier molecular flexibility index (Phi) is 3.58. The maximum absolute atomic E-state index is 9.28. The van der Waals surface area contributed by atoms with Gasteiger partial charge in [0, 0.05) is 11.4 Å². The van der Waals surface area contributed by atoms with Gasteiger partial charge < -0.3 is 16.2 Å². The van der Waals surface area contributed by atoms with Gasteiger partial charge in [-0.2, -0.15) is 0 Å². The Morgan fingerprint density at radius 2 is 2.13 bits per heavy atom. The molecule has 0 heterocycles. The van der Waals surface area contributed by atoms with Crippen molar-refractivity contribution in [2.75, 3.05) is 17.7 Å². The summed E-state index contributed by atoms with van der Waals surface area (Å²) < 4.78 is 0. The van der Waals surface area contributed by atoms with Gasteiger partial charge in [0.25, 0.3) is 0 Å². The van der Waals surface area contributed by atoms with Gasteiger partial charge in [0.1, 0.15) is 0 Å². The van der Waals surface area contributed by atoms with Crippen LogP contribution in [-0.4, -0.2) is 17.3 Å². The van der Waals surface area contributed by atoms with Crippen LogP contribution in [0.4, 0.5) is 11.4 Å². The summed E-state index contributed by atoms with van der Waals surface area (Å²) >= 11 is 0. The van der Waals surface area contributed by atoms with E-state index < -0.39 is 0 Å². The summed E-state index contributed by atoms with van der Waals surface area (Å²) in [4.78, 5) is 0. The molecule has 84 valence electrons. The van der Waals surface area contributed by atoms with Crippen molar-refractivity contribution in [2.45, 2.75) is 32.7 Å². The lowest BCUT2D eigenvalue weighted by atomic mass is 9.99. The van der Waals surface area contributed by atoms with Gasteiger partial charge in [0.05, 0.1) is 12.1 Å². The van der Waals surface area contributed by atoms with E-state index in [4.69, 9.17) is 5.73 Å². The highest BCUT2D eigenvalue weighted by Crippen LogP contribution is 2.21. The normalized spacial score (nSPS) is 14.7. The number of benzene rings is 1. The first kappa shape index (κ1) is 11.9. The van der Waals surface area contributed by atoms with Crippen molar-refractivity contribution >= 4 is 11.4 Å². The molecule has 15 heavy (non-hydrogen) atoms. The van der Waals surface area contributed by atoms with Crippen LogP contribution >= 0.6 is 0 Å². The Balaban J connectivity index is 2.85. The van der Waals surface area contributed by atoms with Crippen LogP contribution in [0.3, 0.4) is 0 Å². The Morgan fingerprint density at radius 1 is 1.47 bits per heavy atom. The molecule has 3 nitrogen and oxygen atoms in total. The lowest BCUT2D eigenvalue weighted by molar-refractivity contribution is 0.219. The largest absolute Gasteiger partial charge is 0.399 e. The van der Waals surface area contributed by atoms with E-state index in [1.807, 2.05) is 39.0 Å². The molecule has 1 rings (SSSR count). The fraction of sp³-hybridized carbons (Fsp3) is 0.500. The number of hydrogen-bond acceptors (Lipinski definition) is 3. The number of aryl methyl sites for hydroxylation is 1. The minimum Gasteiger partial charge on any atom is -0.399 e. The molecule has 1 aromatic carbocycles. The van der Waals surface area contributed by atoms with Crippen molar-refractivity contribution in [3.63, 3.8) is 0 Å². The molecule has 0 amide bonds. The molecule has 0 aliphatic heterocycles. The van der Waals surface area contributed by atoms with Crippen LogP contribution in [0.2, 0.25) is 0 Å². The van der Waals surface area contributed by atoms with E-state index in [1.54, 1.807) is 0 Å². The first-order chi connectivity index (χ1) is 7.00. The van der Waals surface area contributed by atoms with E-state index in [9.17, 15) is 5.11 Å². The number of aliphatic hydroxyl groups is 1. The molecule has 0 aliphatic rings. The Morgan fingerprint density at radius 3 is 2.60 bits per heavy atom. The maximum atomic E-state index is 9.28. The number of nitrogens with two attached hydrogens (primary N) is 1. The summed E-state index contributed by atoms with van der Waals surface area (Å²) in [6.45, 7) is 6.14. The van der Waals surface area contributed by atoms with E-state index in [-0.39, 0.29) is 12.1 Å². The molecule has 3 heteroatoms. The fourth-order valence-electron chi connectivity index (χ4n) is 1.34. The van der Waals surface area contributed by atoms with E-state index in [2.05, 4.69) is 5.32 Å². The highest BCUT2D eigenvalue weighted by atomic mass is 16.3. The lowest BCUT2D eigenvalue weighted by Gasteiger charge is -2.28. The second-order valence-corrected chi connectivity index (χ2v) is 4.27. The molecular weight excluding hydrogens is 188 g/mol. The highest BCUT2D eigenvalue weighted by Gasteiger charge is 2.20. The molecule has 0 fully saturated rings. The van der Waals surface area contributed by atoms with Gasteiger partial charge in [-0.1, -0.05) is 6.92 Å². The van der Waals surface area contributed by atoms with Crippen LogP contribution in [0.1, 0.15) is 25.8 Å². The maximum Gasteiger partial charge on any atom is 0.0658 e. The summed E-state index contributed by atoms with van der Waals surface area (Å²) in [6, 6.07) is 5.82. The van der Waals surface area contributed by atoms with Crippen molar-refractivity contribution in [1.29, 1.82) is 0 Å². The molecular formula is C12H20N2O. The van der Waals surface area contributed by atoms with Crippen molar-refractivity contribution in [3.05, 3.63) is 23.8 Å². The number of hydrogen-bond donors (Lipinski definition) is 3. The number of rotatable bonds is 4. The molecule has 0 saturated heterocycles. The smallest absolute Gasteiger partial charge is 0.0658 e. The average Bonchev–Trinajstić information content (AvgIpc) is 2.23. The van der Waals surface area contributed by atoms with E-state index in [0.717, 1.165) is 23.4 Å². The summed E-state index contributed by atoms with van der Waals surface area (Å²) in [6.07, 6.45) is 0.868. The number of nitrogens with one attached hydrogen (secondary N) is 1. The molecule has 4 N–H and O–H groups in total. The van der Waals surface area contributed by atoms with Crippen LogP contribution in [0, 0.1) is 6.92 Å². The van der Waals surface area contributed by atoms with Gasteiger partial charge in [0.15, 0.2) is 0 Å². The molecule has 0 saturated carbocycles. The zero-order chi connectivity index (χ0) is 11.5. The zero-order valence-corrected chi connectivity index (χ0v) is 9.67. The SMILES string of the molecule is CCC(C)(CO)Nc1ccc(N)c(C)c1. The lowest BCUT2D eigenvalue weighted by Crippen LogP contribution is -2.37. The topological polar surface area (TPSA) is 58.3 Å². The van der Waals surface area contributed by atoms with Gasteiger partial charge in [-0.15, -0.1) is 0 Å². The number of aliphatic hydroxyl groups excluding tert-OH is 1. The van der Waals surface area contributed by atoms with Gasteiger partial charge in [-0.3, -0.25) is 0 Å². The summed E-state index contributed by atoms with van der Waals surface area (Å²) in [5.41, 5.74) is 8.33. The van der Waals surface area contributed by atoms with E-state index in [0.29, 0.717) is 0 Å². The third-order valence-corrected chi connectivity index (χ3v) is 2.85. The second kappa shape index (κ2) is 4.53. The number of anilines is 2.